The predicted molar refractivity (Wildman–Crippen MR) is 42.6 cm³/mol. The van der Waals surface area contributed by atoms with E-state index < -0.39 is 35.9 Å². The van der Waals surface area contributed by atoms with Gasteiger partial charge in [-0.1, -0.05) is 10.0 Å². The first-order valence-corrected chi connectivity index (χ1v) is 3.80. The zero-order valence-corrected chi connectivity index (χ0v) is 7.44. The largest absolute Gasteiger partial charge is 0.390 e. The van der Waals surface area contributed by atoms with Crippen molar-refractivity contribution in [3.8, 4) is 0 Å². The monoisotopic (exact) mass is 223 g/mol. The van der Waals surface area contributed by atoms with Crippen LogP contribution in [0.2, 0.25) is 0 Å². The zero-order valence-electron chi connectivity index (χ0n) is 7.44. The first-order chi connectivity index (χ1) is 6.90. The molecule has 0 bridgehead atoms. The molecule has 1 rings (SSSR count). The molecule has 0 aromatic heterocycles. The first kappa shape index (κ1) is 11.4. The Hall–Kier alpha value is -1.72. The molecule has 0 aromatic rings. The maximum atomic E-state index is 10.5. The normalized spacial score (nSPS) is 26.5. The van der Waals surface area contributed by atoms with E-state index in [1.165, 1.54) is 0 Å². The number of hydrogen-bond donors (Lipinski definition) is 3. The summed E-state index contributed by atoms with van der Waals surface area (Å²) in [5.74, 6) is -2.28. The molecule has 0 saturated carbocycles. The quantitative estimate of drug-likeness (QED) is 0.339. The van der Waals surface area contributed by atoms with Gasteiger partial charge in [-0.3, -0.25) is 0 Å². The fourth-order valence-corrected chi connectivity index (χ4v) is 1.06. The highest BCUT2D eigenvalue weighted by atomic mass is 16.7. The van der Waals surface area contributed by atoms with E-state index in [1.807, 2.05) is 0 Å². The van der Waals surface area contributed by atoms with Gasteiger partial charge in [0.25, 0.3) is 5.85 Å². The van der Waals surface area contributed by atoms with Crippen LogP contribution in [0.5, 0.6) is 0 Å². The summed E-state index contributed by atoms with van der Waals surface area (Å²) in [4.78, 5) is 20.8. The lowest BCUT2D eigenvalue weighted by Gasteiger charge is -2.37. The van der Waals surface area contributed by atoms with Crippen LogP contribution in [0, 0.1) is 20.2 Å². The summed E-state index contributed by atoms with van der Waals surface area (Å²) in [6.07, 6.45) is 0. The van der Waals surface area contributed by atoms with Gasteiger partial charge in [0.1, 0.15) is 13.3 Å². The average Bonchev–Trinajstić information content (AvgIpc) is 2.17. The molecule has 1 heterocycles. The molecule has 0 spiro atoms. The third-order valence-corrected chi connectivity index (χ3v) is 1.92. The number of hydrazine groups is 2. The number of rotatable bonds is 3. The van der Waals surface area contributed by atoms with Gasteiger partial charge in [-0.25, -0.2) is 25.5 Å². The van der Waals surface area contributed by atoms with Gasteiger partial charge < -0.3 is 10.2 Å². The molecule has 86 valence electrons. The number of aliphatic hydroxyl groups is 2. The van der Waals surface area contributed by atoms with Gasteiger partial charge in [0.15, 0.2) is 10.1 Å². The number of nitrogens with zero attached hydrogens (tertiary/aromatic N) is 4. The second-order valence-electron chi connectivity index (χ2n) is 2.83. The Morgan fingerprint density at radius 3 is 2.40 bits per heavy atom. The summed E-state index contributed by atoms with van der Waals surface area (Å²) in [5.41, 5.74) is 0. The lowest BCUT2D eigenvalue weighted by atomic mass is 10.4. The van der Waals surface area contributed by atoms with Gasteiger partial charge in [-0.2, -0.15) is 0 Å². The van der Waals surface area contributed by atoms with Crippen molar-refractivity contribution in [1.82, 2.24) is 15.3 Å². The minimum Gasteiger partial charge on any atom is -0.390 e. The summed E-state index contributed by atoms with van der Waals surface area (Å²) < 4.78 is 0. The van der Waals surface area contributed by atoms with Crippen molar-refractivity contribution < 1.29 is 20.3 Å². The van der Waals surface area contributed by atoms with E-state index in [0.717, 1.165) is 0 Å². The third kappa shape index (κ3) is 2.03. The maximum absolute atomic E-state index is 10.5. The Morgan fingerprint density at radius 1 is 1.40 bits per heavy atom. The topological polar surface area (TPSA) is 145 Å². The van der Waals surface area contributed by atoms with Gasteiger partial charge in [-0.05, 0) is 0 Å². The predicted octanol–water partition coefficient (Wildman–Crippen LogP) is -2.87. The molecule has 11 heteroatoms. The maximum Gasteiger partial charge on any atom is 0.278 e. The van der Waals surface area contributed by atoms with Crippen LogP contribution in [0.15, 0.2) is 0 Å². The smallest absolute Gasteiger partial charge is 0.278 e. The Labute approximate surface area is 82.7 Å². The third-order valence-electron chi connectivity index (χ3n) is 1.92. The van der Waals surface area contributed by atoms with Gasteiger partial charge in [0.05, 0.1) is 0 Å². The molecular weight excluding hydrogens is 214 g/mol. The highest BCUT2D eigenvalue weighted by molar-refractivity contribution is 4.73. The summed E-state index contributed by atoms with van der Waals surface area (Å²) >= 11 is 0. The molecule has 0 aliphatic carbocycles. The van der Waals surface area contributed by atoms with Gasteiger partial charge in [0, 0.05) is 0 Å². The molecule has 0 radical (unpaired) electrons. The molecule has 0 amide bonds. The first-order valence-electron chi connectivity index (χ1n) is 3.80. The van der Waals surface area contributed by atoms with E-state index in [0.29, 0.717) is 5.01 Å². The van der Waals surface area contributed by atoms with E-state index in [1.54, 1.807) is 0 Å². The highest BCUT2D eigenvalue weighted by Crippen LogP contribution is 2.13. The zero-order chi connectivity index (χ0) is 11.6. The molecule has 0 aromatic carbocycles. The minimum atomic E-state index is -2.28. The number of hydrogen-bond acceptors (Lipinski definition) is 7. The SMILES string of the molecule is O=[N+]([O-])N1CNC(O)(CO)N([N+](=O)[O-])C1. The van der Waals surface area contributed by atoms with Crippen molar-refractivity contribution in [2.75, 3.05) is 19.9 Å². The van der Waals surface area contributed by atoms with Crippen molar-refractivity contribution in [1.29, 1.82) is 0 Å². The molecule has 3 N–H and O–H groups in total. The van der Waals surface area contributed by atoms with Gasteiger partial charge in [0.2, 0.25) is 6.67 Å². The van der Waals surface area contributed by atoms with E-state index in [2.05, 4.69) is 5.32 Å². The van der Waals surface area contributed by atoms with Crippen molar-refractivity contribution in [2.24, 2.45) is 0 Å². The fraction of sp³-hybridized carbons (Fsp3) is 1.00. The van der Waals surface area contributed by atoms with Gasteiger partial charge >= 0.3 is 0 Å². The average molecular weight is 223 g/mol. The molecule has 1 aliphatic heterocycles. The Morgan fingerprint density at radius 2 is 2.00 bits per heavy atom. The van der Waals surface area contributed by atoms with Crippen molar-refractivity contribution in [3.63, 3.8) is 0 Å². The Kier molecular flexibility index (Phi) is 2.88. The summed E-state index contributed by atoms with van der Waals surface area (Å²) in [5, 5.41) is 39.8. The number of aliphatic hydroxyl groups excluding tert-OH is 1. The lowest BCUT2D eigenvalue weighted by molar-refractivity contribution is -0.746. The fourth-order valence-electron chi connectivity index (χ4n) is 1.06. The van der Waals surface area contributed by atoms with Crippen LogP contribution in [0.25, 0.3) is 0 Å². The molecule has 1 atom stereocenters. The van der Waals surface area contributed by atoms with Crippen LogP contribution in [0.1, 0.15) is 0 Å². The molecule has 1 unspecified atom stereocenters. The van der Waals surface area contributed by atoms with Gasteiger partial charge in [-0.15, -0.1) is 0 Å². The van der Waals surface area contributed by atoms with Crippen LogP contribution in [-0.2, 0) is 0 Å². The minimum absolute atomic E-state index is 0.138. The molecule has 1 saturated heterocycles. The summed E-state index contributed by atoms with van der Waals surface area (Å²) in [6, 6.07) is 0. The number of nitro groups is 2. The molecular formula is C4H9N5O6. The number of nitrogens with one attached hydrogen (secondary N) is 1. The van der Waals surface area contributed by atoms with E-state index >= 15 is 0 Å². The second kappa shape index (κ2) is 3.80. The second-order valence-corrected chi connectivity index (χ2v) is 2.83. The van der Waals surface area contributed by atoms with Crippen molar-refractivity contribution in [2.45, 2.75) is 5.85 Å². The Bertz CT molecular complexity index is 285. The highest BCUT2D eigenvalue weighted by Gasteiger charge is 2.48. The molecule has 15 heavy (non-hydrogen) atoms. The molecule has 1 aliphatic rings. The van der Waals surface area contributed by atoms with Crippen LogP contribution >= 0.6 is 0 Å². The Balaban J connectivity index is 2.83. The standard InChI is InChI=1S/C4H9N5O6/c10-1-4(11)5-2-6(8(12)13)3-7(4)9(14)15/h5,10-11H,1-3H2. The van der Waals surface area contributed by atoms with Crippen LogP contribution < -0.4 is 5.32 Å². The van der Waals surface area contributed by atoms with Crippen molar-refractivity contribution >= 4 is 0 Å². The lowest BCUT2D eigenvalue weighted by Crippen LogP contribution is -2.72. The van der Waals surface area contributed by atoms with Crippen molar-refractivity contribution in [3.05, 3.63) is 20.2 Å². The molecule has 1 fully saturated rings. The van der Waals surface area contributed by atoms with Crippen LogP contribution in [0.3, 0.4) is 0 Å². The van der Waals surface area contributed by atoms with E-state index in [-0.39, 0.29) is 5.01 Å². The van der Waals surface area contributed by atoms with Crippen LogP contribution in [0.4, 0.5) is 0 Å². The van der Waals surface area contributed by atoms with E-state index in [9.17, 15) is 25.3 Å². The van der Waals surface area contributed by atoms with Crippen LogP contribution in [-0.4, -0.2) is 56.1 Å². The summed E-state index contributed by atoms with van der Waals surface area (Å²) in [7, 11) is 0. The summed E-state index contributed by atoms with van der Waals surface area (Å²) in [6.45, 7) is -2.10. The van der Waals surface area contributed by atoms with E-state index in [4.69, 9.17) is 5.11 Å². The molecule has 11 nitrogen and oxygen atoms in total.